The Hall–Kier alpha value is -1.79. The zero-order valence-electron chi connectivity index (χ0n) is 11.6. The molecule has 1 aliphatic carbocycles. The number of methoxy groups -OCH3 is 1. The number of halogens is 1. The number of carbonyl (C=O) groups excluding carboxylic acids is 1. The first kappa shape index (κ1) is 15.6. The van der Waals surface area contributed by atoms with Gasteiger partial charge in [0.2, 0.25) is 0 Å². The second-order valence-electron chi connectivity index (χ2n) is 4.85. The van der Waals surface area contributed by atoms with Crippen LogP contribution in [0.25, 0.3) is 0 Å². The van der Waals surface area contributed by atoms with E-state index in [2.05, 4.69) is 5.32 Å². The molecule has 0 aliphatic heterocycles. The van der Waals surface area contributed by atoms with Crippen molar-refractivity contribution in [3.05, 3.63) is 28.8 Å². The molecule has 0 bridgehead atoms. The second-order valence-corrected chi connectivity index (χ2v) is 5.25. The van der Waals surface area contributed by atoms with E-state index in [4.69, 9.17) is 21.4 Å². The Morgan fingerprint density at radius 2 is 2.19 bits per heavy atom. The van der Waals surface area contributed by atoms with Gasteiger partial charge in [-0.15, -0.1) is 0 Å². The topological polar surface area (TPSA) is 78.9 Å². The lowest BCUT2D eigenvalue weighted by Crippen LogP contribution is -2.39. The predicted molar refractivity (Wildman–Crippen MR) is 79.0 cm³/mol. The lowest BCUT2D eigenvalue weighted by Gasteiger charge is -2.22. The molecular formula is C14H17ClN2O4. The summed E-state index contributed by atoms with van der Waals surface area (Å²) in [5.74, 6) is -1.06. The SMILES string of the molecule is COCCN(C(=O)Nc1ccc(C(=O)O)cc1Cl)C1CC1. The number of hydrogen-bond acceptors (Lipinski definition) is 3. The quantitative estimate of drug-likeness (QED) is 0.846. The van der Waals surface area contributed by atoms with E-state index in [1.165, 1.54) is 18.2 Å². The van der Waals surface area contributed by atoms with E-state index in [1.54, 1.807) is 12.0 Å². The summed E-state index contributed by atoms with van der Waals surface area (Å²) >= 11 is 6.00. The van der Waals surface area contributed by atoms with Crippen LogP contribution >= 0.6 is 11.6 Å². The molecule has 0 aromatic heterocycles. The minimum atomic E-state index is -1.06. The van der Waals surface area contributed by atoms with Gasteiger partial charge >= 0.3 is 12.0 Å². The highest BCUT2D eigenvalue weighted by atomic mass is 35.5. The van der Waals surface area contributed by atoms with Crippen molar-refractivity contribution in [2.24, 2.45) is 0 Å². The van der Waals surface area contributed by atoms with Gasteiger partial charge in [-0.2, -0.15) is 0 Å². The summed E-state index contributed by atoms with van der Waals surface area (Å²) in [6, 6.07) is 4.21. The number of anilines is 1. The van der Waals surface area contributed by atoms with Crippen LogP contribution in [0.2, 0.25) is 5.02 Å². The lowest BCUT2D eigenvalue weighted by molar-refractivity contribution is 0.0697. The molecular weight excluding hydrogens is 296 g/mol. The number of aromatic carboxylic acids is 1. The molecule has 7 heteroatoms. The first-order valence-corrected chi connectivity index (χ1v) is 7.00. The van der Waals surface area contributed by atoms with E-state index in [0.29, 0.717) is 18.8 Å². The molecule has 21 heavy (non-hydrogen) atoms. The van der Waals surface area contributed by atoms with Crippen LogP contribution in [0.15, 0.2) is 18.2 Å². The predicted octanol–water partition coefficient (Wildman–Crippen LogP) is 2.68. The average molecular weight is 313 g/mol. The Morgan fingerprint density at radius 3 is 2.71 bits per heavy atom. The third kappa shape index (κ3) is 4.09. The standard InChI is InChI=1S/C14H17ClN2O4/c1-21-7-6-17(10-3-4-10)14(20)16-12-5-2-9(13(18)19)8-11(12)15/h2,5,8,10H,3-4,6-7H2,1H3,(H,16,20)(H,18,19). The van der Waals surface area contributed by atoms with Gasteiger partial charge in [0.05, 0.1) is 22.9 Å². The molecule has 1 aromatic rings. The largest absolute Gasteiger partial charge is 0.478 e. The maximum absolute atomic E-state index is 12.3. The van der Waals surface area contributed by atoms with Gasteiger partial charge in [-0.1, -0.05) is 11.6 Å². The van der Waals surface area contributed by atoms with Crippen LogP contribution in [0.3, 0.4) is 0 Å². The van der Waals surface area contributed by atoms with Crippen LogP contribution in [0.4, 0.5) is 10.5 Å². The molecule has 0 heterocycles. The molecule has 2 rings (SSSR count). The van der Waals surface area contributed by atoms with Crippen molar-refractivity contribution < 1.29 is 19.4 Å². The number of hydrogen-bond donors (Lipinski definition) is 2. The number of amides is 2. The fourth-order valence-electron chi connectivity index (χ4n) is 1.96. The van der Waals surface area contributed by atoms with Gasteiger partial charge in [0.15, 0.2) is 0 Å². The minimum Gasteiger partial charge on any atom is -0.478 e. The van der Waals surface area contributed by atoms with E-state index < -0.39 is 5.97 Å². The molecule has 1 saturated carbocycles. The first-order valence-electron chi connectivity index (χ1n) is 6.62. The summed E-state index contributed by atoms with van der Waals surface area (Å²) in [5.41, 5.74) is 0.478. The number of nitrogens with one attached hydrogen (secondary N) is 1. The monoisotopic (exact) mass is 312 g/mol. The molecule has 1 aromatic carbocycles. The Kier molecular flexibility index (Phi) is 5.03. The fourth-order valence-corrected chi connectivity index (χ4v) is 2.19. The number of urea groups is 1. The van der Waals surface area contributed by atoms with Crippen molar-refractivity contribution in [2.45, 2.75) is 18.9 Å². The molecule has 0 radical (unpaired) electrons. The van der Waals surface area contributed by atoms with Crippen LogP contribution < -0.4 is 5.32 Å². The summed E-state index contributed by atoms with van der Waals surface area (Å²) in [6.07, 6.45) is 1.98. The molecule has 2 amide bonds. The first-order chi connectivity index (χ1) is 10.0. The lowest BCUT2D eigenvalue weighted by atomic mass is 10.2. The van der Waals surface area contributed by atoms with Crippen molar-refractivity contribution >= 4 is 29.3 Å². The molecule has 114 valence electrons. The molecule has 6 nitrogen and oxygen atoms in total. The van der Waals surface area contributed by atoms with Gasteiger partial charge in [0, 0.05) is 19.7 Å². The molecule has 2 N–H and O–H groups in total. The summed E-state index contributed by atoms with van der Waals surface area (Å²) < 4.78 is 5.00. The number of carboxylic acid groups (broad SMARTS) is 1. The van der Waals surface area contributed by atoms with Crippen molar-refractivity contribution in [2.75, 3.05) is 25.6 Å². The molecule has 0 atom stereocenters. The zero-order valence-corrected chi connectivity index (χ0v) is 12.4. The van der Waals surface area contributed by atoms with Crippen molar-refractivity contribution in [1.82, 2.24) is 4.90 Å². The maximum Gasteiger partial charge on any atom is 0.335 e. The third-order valence-electron chi connectivity index (χ3n) is 3.24. The van der Waals surface area contributed by atoms with Gasteiger partial charge in [-0.05, 0) is 31.0 Å². The number of benzene rings is 1. The third-order valence-corrected chi connectivity index (χ3v) is 3.56. The van der Waals surface area contributed by atoms with Crippen LogP contribution in [0, 0.1) is 0 Å². The smallest absolute Gasteiger partial charge is 0.335 e. The number of carbonyl (C=O) groups is 2. The number of ether oxygens (including phenoxy) is 1. The normalized spacial score (nSPS) is 13.8. The summed E-state index contributed by atoms with van der Waals surface area (Å²) in [4.78, 5) is 24.8. The second kappa shape index (κ2) is 6.78. The van der Waals surface area contributed by atoms with Crippen molar-refractivity contribution in [3.63, 3.8) is 0 Å². The molecule has 1 fully saturated rings. The van der Waals surface area contributed by atoms with Crippen LogP contribution in [-0.4, -0.2) is 48.3 Å². The maximum atomic E-state index is 12.3. The van der Waals surface area contributed by atoms with Gasteiger partial charge in [-0.3, -0.25) is 0 Å². The highest BCUT2D eigenvalue weighted by Crippen LogP contribution is 2.28. The van der Waals surface area contributed by atoms with Gasteiger partial charge in [0.1, 0.15) is 0 Å². The van der Waals surface area contributed by atoms with Crippen LogP contribution in [0.1, 0.15) is 23.2 Å². The van der Waals surface area contributed by atoms with Crippen LogP contribution in [-0.2, 0) is 4.74 Å². The number of carboxylic acids is 1. The number of nitrogens with zero attached hydrogens (tertiary/aromatic N) is 1. The van der Waals surface area contributed by atoms with Gasteiger partial charge < -0.3 is 20.1 Å². The van der Waals surface area contributed by atoms with Gasteiger partial charge in [0.25, 0.3) is 0 Å². The minimum absolute atomic E-state index is 0.0800. The Morgan fingerprint density at radius 1 is 1.48 bits per heavy atom. The van der Waals surface area contributed by atoms with E-state index >= 15 is 0 Å². The van der Waals surface area contributed by atoms with E-state index in [1.807, 2.05) is 0 Å². The molecule has 0 spiro atoms. The fraction of sp³-hybridized carbons (Fsp3) is 0.429. The number of rotatable bonds is 6. The Labute approximate surface area is 127 Å². The van der Waals surface area contributed by atoms with Crippen molar-refractivity contribution in [3.8, 4) is 0 Å². The zero-order chi connectivity index (χ0) is 15.4. The highest BCUT2D eigenvalue weighted by molar-refractivity contribution is 6.34. The summed E-state index contributed by atoms with van der Waals surface area (Å²) in [7, 11) is 1.59. The Balaban J connectivity index is 2.05. The Bertz CT molecular complexity index is 546. The highest BCUT2D eigenvalue weighted by Gasteiger charge is 2.32. The molecule has 0 unspecified atom stereocenters. The summed E-state index contributed by atoms with van der Waals surface area (Å²) in [6.45, 7) is 0.980. The summed E-state index contributed by atoms with van der Waals surface area (Å²) in [5, 5.41) is 11.8. The van der Waals surface area contributed by atoms with E-state index in [0.717, 1.165) is 12.8 Å². The van der Waals surface area contributed by atoms with Crippen molar-refractivity contribution in [1.29, 1.82) is 0 Å². The molecule has 0 saturated heterocycles. The molecule has 1 aliphatic rings. The van der Waals surface area contributed by atoms with Gasteiger partial charge in [-0.25, -0.2) is 9.59 Å². The average Bonchev–Trinajstić information content (AvgIpc) is 3.26. The van der Waals surface area contributed by atoms with E-state index in [9.17, 15) is 9.59 Å². The van der Waals surface area contributed by atoms with Crippen LogP contribution in [0.5, 0.6) is 0 Å². The van der Waals surface area contributed by atoms with E-state index in [-0.39, 0.29) is 22.7 Å².